The number of furan rings is 1. The number of urea groups is 1. The minimum absolute atomic E-state index is 0.349. The van der Waals surface area contributed by atoms with E-state index in [1.807, 2.05) is 19.1 Å². The van der Waals surface area contributed by atoms with Crippen LogP contribution >= 0.6 is 12.8 Å². The Hall–Kier alpha value is -2.39. The molecule has 0 saturated carbocycles. The smallest absolute Gasteiger partial charge is 0.332 e. The first-order valence-corrected chi connectivity index (χ1v) is 12.2. The van der Waals surface area contributed by atoms with E-state index < -0.39 is 8.07 Å². The first-order valence-electron chi connectivity index (χ1n) is 8.30. The van der Waals surface area contributed by atoms with Crippen molar-refractivity contribution in [2.45, 2.75) is 26.6 Å². The van der Waals surface area contributed by atoms with Crippen molar-refractivity contribution in [2.75, 3.05) is 11.9 Å². The van der Waals surface area contributed by atoms with E-state index in [2.05, 4.69) is 52.7 Å². The molecule has 9 heteroatoms. The molecule has 2 amide bonds. The quantitative estimate of drug-likeness (QED) is 0.528. The van der Waals surface area contributed by atoms with E-state index in [1.165, 1.54) is 4.31 Å². The zero-order valence-corrected chi connectivity index (χ0v) is 17.0. The zero-order valence-electron chi connectivity index (χ0n) is 15.1. The molecular formula is C17H21N5O2SSi. The highest BCUT2D eigenvalue weighted by Gasteiger charge is 2.21. The van der Waals surface area contributed by atoms with Crippen LogP contribution in [-0.4, -0.2) is 39.9 Å². The van der Waals surface area contributed by atoms with E-state index in [4.69, 9.17) is 4.42 Å². The molecule has 0 saturated heterocycles. The molecule has 0 radical (unpaired) electrons. The van der Waals surface area contributed by atoms with E-state index in [1.54, 1.807) is 18.3 Å². The fourth-order valence-electron chi connectivity index (χ4n) is 2.28. The van der Waals surface area contributed by atoms with Crippen molar-refractivity contribution in [3.05, 3.63) is 30.5 Å². The third-order valence-corrected chi connectivity index (χ3v) is 5.99. The summed E-state index contributed by atoms with van der Waals surface area (Å²) in [6.07, 6.45) is 1.67. The van der Waals surface area contributed by atoms with Crippen LogP contribution in [0.15, 0.2) is 34.9 Å². The molecule has 3 aromatic rings. The second-order valence-corrected chi connectivity index (χ2v) is 12.3. The lowest BCUT2D eigenvalue weighted by atomic mass is 10.3. The van der Waals surface area contributed by atoms with E-state index in [0.29, 0.717) is 35.0 Å². The fourth-order valence-corrected chi connectivity index (χ4v) is 3.33. The molecule has 0 aliphatic heterocycles. The van der Waals surface area contributed by atoms with Gasteiger partial charge in [-0.15, -0.1) is 0 Å². The number of aromatic nitrogens is 3. The van der Waals surface area contributed by atoms with Gasteiger partial charge in [0.1, 0.15) is 25.1 Å². The van der Waals surface area contributed by atoms with E-state index >= 15 is 0 Å². The van der Waals surface area contributed by atoms with Crippen molar-refractivity contribution in [3.63, 3.8) is 0 Å². The summed E-state index contributed by atoms with van der Waals surface area (Å²) in [4.78, 5) is 25.2. The summed E-state index contributed by atoms with van der Waals surface area (Å²) >= 11 is 4.07. The molecule has 7 nitrogen and oxygen atoms in total. The van der Waals surface area contributed by atoms with Crippen LogP contribution in [0.25, 0.3) is 22.6 Å². The number of nitrogens with one attached hydrogen (secondary N) is 1. The highest BCUT2D eigenvalue weighted by molar-refractivity contribution is 7.78. The second kappa shape index (κ2) is 7.08. The van der Waals surface area contributed by atoms with E-state index in [0.717, 1.165) is 5.38 Å². The van der Waals surface area contributed by atoms with Gasteiger partial charge in [-0.25, -0.2) is 14.8 Å². The number of nitrogens with zero attached hydrogens (tertiary/aromatic N) is 4. The van der Waals surface area contributed by atoms with Crippen molar-refractivity contribution in [3.8, 4) is 11.5 Å². The Kier molecular flexibility index (Phi) is 5.01. The lowest BCUT2D eigenvalue weighted by molar-refractivity contribution is 0.240. The van der Waals surface area contributed by atoms with Gasteiger partial charge in [0.25, 0.3) is 0 Å². The average molecular weight is 388 g/mol. The third kappa shape index (κ3) is 3.88. The van der Waals surface area contributed by atoms with Gasteiger partial charge >= 0.3 is 6.03 Å². The molecule has 0 spiro atoms. The maximum absolute atomic E-state index is 11.9. The molecule has 136 valence electrons. The summed E-state index contributed by atoms with van der Waals surface area (Å²) in [5.74, 6) is 1.06. The van der Waals surface area contributed by atoms with Gasteiger partial charge in [-0.2, -0.15) is 0 Å². The molecule has 0 atom stereocenters. The number of carbonyl (C=O) groups is 1. The lowest BCUT2D eigenvalue weighted by Gasteiger charge is -2.13. The van der Waals surface area contributed by atoms with Gasteiger partial charge in [-0.1, -0.05) is 32.5 Å². The highest BCUT2D eigenvalue weighted by atomic mass is 32.1. The van der Waals surface area contributed by atoms with Gasteiger partial charge in [0, 0.05) is 6.54 Å². The molecule has 3 heterocycles. The topological polar surface area (TPSA) is 84.2 Å². The zero-order chi connectivity index (χ0) is 18.9. The van der Waals surface area contributed by atoms with Crippen molar-refractivity contribution in [1.82, 2.24) is 19.3 Å². The van der Waals surface area contributed by atoms with Gasteiger partial charge in [0.2, 0.25) is 0 Å². The van der Waals surface area contributed by atoms with Crippen LogP contribution in [0, 0.1) is 0 Å². The summed E-state index contributed by atoms with van der Waals surface area (Å²) in [7, 11) is -1.53. The first-order chi connectivity index (χ1) is 12.3. The minimum atomic E-state index is -1.53. The summed E-state index contributed by atoms with van der Waals surface area (Å²) in [5, 5.41) is 3.69. The highest BCUT2D eigenvalue weighted by Crippen LogP contribution is 2.20. The molecule has 3 rings (SSSR count). The van der Waals surface area contributed by atoms with Crippen molar-refractivity contribution in [2.24, 2.45) is 0 Å². The molecule has 0 unspecified atom stereocenters. The molecule has 1 N–H and O–H groups in total. The molecule has 0 bridgehead atoms. The summed E-state index contributed by atoms with van der Waals surface area (Å²) in [6.45, 7) is 8.97. The summed E-state index contributed by atoms with van der Waals surface area (Å²) in [6, 6.07) is 7.01. The van der Waals surface area contributed by atoms with Crippen LogP contribution < -0.4 is 10.7 Å². The van der Waals surface area contributed by atoms with E-state index in [-0.39, 0.29) is 6.03 Å². The van der Waals surface area contributed by atoms with Crippen LogP contribution in [0.4, 0.5) is 10.6 Å². The number of rotatable bonds is 4. The standard InChI is InChI=1S/C17H21N5O2SSi/c1-5-22(25)17(23)21-14-8-6-11-16(20-14)19-12(10-18-11)13-7-9-15(24-13)26(2,3)4/h6-10,25H,5H2,1-4H3,(H,19,20,21,23). The Labute approximate surface area is 158 Å². The van der Waals surface area contributed by atoms with Crippen LogP contribution in [-0.2, 0) is 0 Å². The van der Waals surface area contributed by atoms with Gasteiger partial charge in [0.15, 0.2) is 11.4 Å². The fraction of sp³-hybridized carbons (Fsp3) is 0.294. The Morgan fingerprint density at radius 1 is 1.23 bits per heavy atom. The number of pyridine rings is 1. The Morgan fingerprint density at radius 2 is 2.00 bits per heavy atom. The third-order valence-electron chi connectivity index (χ3n) is 3.77. The monoisotopic (exact) mass is 387 g/mol. The van der Waals surface area contributed by atoms with Gasteiger partial charge in [-0.05, 0) is 31.2 Å². The Morgan fingerprint density at radius 3 is 2.65 bits per heavy atom. The normalized spacial score (nSPS) is 11.6. The van der Waals surface area contributed by atoms with Gasteiger partial charge in [-0.3, -0.25) is 14.6 Å². The number of fused-ring (bicyclic) bond motifs is 1. The number of amides is 2. The minimum Gasteiger partial charge on any atom is -0.465 e. The first kappa shape index (κ1) is 18.4. The van der Waals surface area contributed by atoms with Crippen molar-refractivity contribution >= 4 is 49.3 Å². The van der Waals surface area contributed by atoms with Crippen molar-refractivity contribution < 1.29 is 9.21 Å². The Balaban J connectivity index is 1.92. The summed E-state index contributed by atoms with van der Waals surface area (Å²) in [5.41, 5.74) is 1.69. The van der Waals surface area contributed by atoms with Gasteiger partial charge < -0.3 is 4.42 Å². The molecule has 26 heavy (non-hydrogen) atoms. The van der Waals surface area contributed by atoms with Crippen LogP contribution in [0.5, 0.6) is 0 Å². The average Bonchev–Trinajstić information content (AvgIpc) is 3.10. The Bertz CT molecular complexity index is 954. The molecule has 3 aromatic heterocycles. The molecule has 0 aromatic carbocycles. The predicted molar refractivity (Wildman–Crippen MR) is 108 cm³/mol. The maximum Gasteiger partial charge on any atom is 0.332 e. The maximum atomic E-state index is 11.9. The predicted octanol–water partition coefficient (Wildman–Crippen LogP) is 3.53. The van der Waals surface area contributed by atoms with Gasteiger partial charge in [0.05, 0.1) is 11.6 Å². The molecular weight excluding hydrogens is 366 g/mol. The van der Waals surface area contributed by atoms with Crippen LogP contribution in [0.2, 0.25) is 19.6 Å². The largest absolute Gasteiger partial charge is 0.465 e. The van der Waals surface area contributed by atoms with Crippen LogP contribution in [0.3, 0.4) is 0 Å². The van der Waals surface area contributed by atoms with Crippen LogP contribution in [0.1, 0.15) is 6.92 Å². The number of hydrogen-bond acceptors (Lipinski definition) is 6. The molecule has 0 fully saturated rings. The number of carbonyl (C=O) groups excluding carboxylic acids is 1. The molecule has 0 aliphatic rings. The SMILES string of the molecule is CCN(S)C(=O)Nc1ccc2ncc(-c3ccc([Si](C)(C)C)o3)nc2n1. The van der Waals surface area contributed by atoms with E-state index in [9.17, 15) is 4.79 Å². The number of hydrogen-bond donors (Lipinski definition) is 2. The summed E-state index contributed by atoms with van der Waals surface area (Å²) < 4.78 is 7.23. The second-order valence-electron chi connectivity index (χ2n) is 6.85. The molecule has 0 aliphatic carbocycles. The lowest BCUT2D eigenvalue weighted by Crippen LogP contribution is -2.36. The number of anilines is 1. The van der Waals surface area contributed by atoms with Crippen molar-refractivity contribution in [1.29, 1.82) is 0 Å². The number of thiol groups is 1.